The minimum Gasteiger partial charge on any atom is -0.478 e. The van der Waals surface area contributed by atoms with Gasteiger partial charge in [0.05, 0.1) is 22.3 Å². The Kier molecular flexibility index (Phi) is 3.17. The van der Waals surface area contributed by atoms with E-state index in [1.807, 2.05) is 19.1 Å². The summed E-state index contributed by atoms with van der Waals surface area (Å²) in [4.78, 5) is 26.3. The van der Waals surface area contributed by atoms with Crippen LogP contribution in [0.1, 0.15) is 15.9 Å². The Balaban J connectivity index is 2.41. The first-order valence-corrected chi connectivity index (χ1v) is 7.02. The van der Waals surface area contributed by atoms with Crippen molar-refractivity contribution in [3.05, 3.63) is 62.5 Å². The fourth-order valence-electron chi connectivity index (χ4n) is 2.34. The number of aromatic amines is 1. The van der Waals surface area contributed by atoms with Crippen molar-refractivity contribution in [3.63, 3.8) is 0 Å². The third-order valence-electron chi connectivity index (χ3n) is 3.33. The highest BCUT2D eigenvalue weighted by Crippen LogP contribution is 2.23. The number of para-hydroxylation sites is 1. The number of hydrogen-bond donors (Lipinski definition) is 2. The monoisotopic (exact) mass is 346 g/mol. The fraction of sp³-hybridized carbons (Fsp3) is 0.0667. The highest BCUT2D eigenvalue weighted by atomic mass is 79.9. The molecule has 0 aliphatic rings. The smallest absolute Gasteiger partial charge is 0.337 e. The summed E-state index contributed by atoms with van der Waals surface area (Å²) >= 11 is 3.41. The van der Waals surface area contributed by atoms with Gasteiger partial charge in [0, 0.05) is 4.47 Å². The molecule has 6 heteroatoms. The predicted molar refractivity (Wildman–Crippen MR) is 83.3 cm³/mol. The maximum absolute atomic E-state index is 12.2. The Morgan fingerprint density at radius 2 is 2.05 bits per heavy atom. The largest absolute Gasteiger partial charge is 0.478 e. The van der Waals surface area contributed by atoms with Crippen LogP contribution in [0.15, 0.2) is 45.7 Å². The van der Waals surface area contributed by atoms with Crippen LogP contribution in [0, 0.1) is 6.92 Å². The number of halogens is 1. The van der Waals surface area contributed by atoms with E-state index in [1.54, 1.807) is 18.2 Å². The molecule has 1 heterocycles. The van der Waals surface area contributed by atoms with E-state index >= 15 is 0 Å². The van der Waals surface area contributed by atoms with Crippen molar-refractivity contribution in [2.45, 2.75) is 6.92 Å². The number of H-pyrrole nitrogens is 1. The van der Waals surface area contributed by atoms with Gasteiger partial charge in [-0.15, -0.1) is 0 Å². The second-order valence-electron chi connectivity index (χ2n) is 4.71. The van der Waals surface area contributed by atoms with Crippen molar-refractivity contribution in [1.29, 1.82) is 0 Å². The summed E-state index contributed by atoms with van der Waals surface area (Å²) in [6, 6.07) is 10.2. The lowest BCUT2D eigenvalue weighted by Gasteiger charge is -2.07. The number of carboxylic acids is 1. The van der Waals surface area contributed by atoms with Gasteiger partial charge in [-0.05, 0) is 42.8 Å². The van der Waals surface area contributed by atoms with Crippen molar-refractivity contribution < 1.29 is 9.90 Å². The van der Waals surface area contributed by atoms with E-state index in [1.165, 1.54) is 10.6 Å². The highest BCUT2D eigenvalue weighted by Gasteiger charge is 2.16. The second-order valence-corrected chi connectivity index (χ2v) is 5.56. The maximum atomic E-state index is 12.2. The van der Waals surface area contributed by atoms with E-state index in [0.29, 0.717) is 16.7 Å². The lowest BCUT2D eigenvalue weighted by Crippen LogP contribution is -2.15. The molecule has 0 amide bonds. The number of nitrogens with zero attached hydrogens (tertiary/aromatic N) is 1. The van der Waals surface area contributed by atoms with Crippen LogP contribution in [0.3, 0.4) is 0 Å². The standard InChI is InChI=1S/C15H11BrN2O3/c1-8-7-9(5-6-11(8)16)18-13-10(14(19)20)3-2-4-12(13)17-15(18)21/h2-7H,1H3,(H,17,21)(H,19,20). The first-order valence-electron chi connectivity index (χ1n) is 6.22. The summed E-state index contributed by atoms with van der Waals surface area (Å²) in [5, 5.41) is 9.33. The molecule has 2 aromatic carbocycles. The number of aromatic carboxylic acids is 1. The molecule has 5 nitrogen and oxygen atoms in total. The lowest BCUT2D eigenvalue weighted by atomic mass is 10.1. The van der Waals surface area contributed by atoms with Crippen molar-refractivity contribution >= 4 is 32.9 Å². The quantitative estimate of drug-likeness (QED) is 0.748. The number of imidazole rings is 1. The molecule has 106 valence electrons. The molecule has 0 radical (unpaired) electrons. The third-order valence-corrected chi connectivity index (χ3v) is 4.22. The Labute approximate surface area is 128 Å². The van der Waals surface area contributed by atoms with Gasteiger partial charge in [0.15, 0.2) is 0 Å². The number of fused-ring (bicyclic) bond motifs is 1. The molecule has 0 spiro atoms. The molecular formula is C15H11BrN2O3. The van der Waals surface area contributed by atoms with Crippen LogP contribution >= 0.6 is 15.9 Å². The van der Waals surface area contributed by atoms with Gasteiger partial charge < -0.3 is 10.1 Å². The van der Waals surface area contributed by atoms with Crippen LogP contribution < -0.4 is 5.69 Å². The molecule has 1 aromatic heterocycles. The highest BCUT2D eigenvalue weighted by molar-refractivity contribution is 9.10. The molecular weight excluding hydrogens is 336 g/mol. The summed E-state index contributed by atoms with van der Waals surface area (Å²) in [5.41, 5.74) is 2.19. The number of rotatable bonds is 2. The number of carbonyl (C=O) groups is 1. The van der Waals surface area contributed by atoms with Gasteiger partial charge in [0.2, 0.25) is 0 Å². The summed E-state index contributed by atoms with van der Waals surface area (Å²) in [6.45, 7) is 1.91. The molecule has 0 unspecified atom stereocenters. The minimum atomic E-state index is -1.07. The van der Waals surface area contributed by atoms with Gasteiger partial charge >= 0.3 is 11.7 Å². The summed E-state index contributed by atoms with van der Waals surface area (Å²) < 4.78 is 2.32. The summed E-state index contributed by atoms with van der Waals surface area (Å²) in [7, 11) is 0. The molecule has 0 saturated carbocycles. The van der Waals surface area contributed by atoms with E-state index in [0.717, 1.165) is 10.0 Å². The van der Waals surface area contributed by atoms with Gasteiger partial charge in [-0.25, -0.2) is 9.59 Å². The zero-order valence-corrected chi connectivity index (χ0v) is 12.6. The molecule has 21 heavy (non-hydrogen) atoms. The maximum Gasteiger partial charge on any atom is 0.337 e. The van der Waals surface area contributed by atoms with E-state index in [2.05, 4.69) is 20.9 Å². The second kappa shape index (κ2) is 4.89. The predicted octanol–water partition coefficient (Wildman–Crippen LogP) is 3.09. The van der Waals surface area contributed by atoms with Crippen molar-refractivity contribution in [2.24, 2.45) is 0 Å². The molecule has 3 rings (SSSR count). The average Bonchev–Trinajstić information content (AvgIpc) is 2.77. The SMILES string of the molecule is Cc1cc(-n2c(=O)[nH]c3cccc(C(=O)O)c32)ccc1Br. The summed E-state index contributed by atoms with van der Waals surface area (Å²) in [5.74, 6) is -1.07. The third kappa shape index (κ3) is 2.17. The zero-order valence-electron chi connectivity index (χ0n) is 11.1. The Morgan fingerprint density at radius 3 is 2.71 bits per heavy atom. The van der Waals surface area contributed by atoms with E-state index < -0.39 is 5.97 Å². The first-order chi connectivity index (χ1) is 9.99. The minimum absolute atomic E-state index is 0.0893. The van der Waals surface area contributed by atoms with Gasteiger partial charge in [0.1, 0.15) is 0 Å². The Hall–Kier alpha value is -2.34. The van der Waals surface area contributed by atoms with Crippen LogP contribution in [-0.2, 0) is 0 Å². The molecule has 0 atom stereocenters. The number of aromatic nitrogens is 2. The van der Waals surface area contributed by atoms with Crippen LogP contribution in [0.2, 0.25) is 0 Å². The van der Waals surface area contributed by atoms with Crippen molar-refractivity contribution in [3.8, 4) is 5.69 Å². The number of benzene rings is 2. The van der Waals surface area contributed by atoms with Crippen LogP contribution in [-0.4, -0.2) is 20.6 Å². The zero-order chi connectivity index (χ0) is 15.1. The summed E-state index contributed by atoms with van der Waals surface area (Å²) in [6.07, 6.45) is 0. The van der Waals surface area contributed by atoms with E-state index in [9.17, 15) is 14.7 Å². The Bertz CT molecular complexity index is 924. The molecule has 3 aromatic rings. The first kappa shape index (κ1) is 13.6. The average molecular weight is 347 g/mol. The van der Waals surface area contributed by atoms with E-state index in [4.69, 9.17) is 0 Å². The normalized spacial score (nSPS) is 11.0. The molecule has 0 aliphatic heterocycles. The van der Waals surface area contributed by atoms with Gasteiger partial charge in [0.25, 0.3) is 0 Å². The van der Waals surface area contributed by atoms with Gasteiger partial charge in [-0.2, -0.15) is 0 Å². The molecule has 0 saturated heterocycles. The fourth-order valence-corrected chi connectivity index (χ4v) is 2.59. The molecule has 0 bridgehead atoms. The van der Waals surface area contributed by atoms with Crippen LogP contribution in [0.4, 0.5) is 0 Å². The van der Waals surface area contributed by atoms with Crippen LogP contribution in [0.25, 0.3) is 16.7 Å². The van der Waals surface area contributed by atoms with Gasteiger partial charge in [-0.1, -0.05) is 22.0 Å². The number of nitrogens with one attached hydrogen (secondary N) is 1. The number of aryl methyl sites for hydroxylation is 1. The number of carboxylic acid groups (broad SMARTS) is 1. The molecule has 0 fully saturated rings. The molecule has 2 N–H and O–H groups in total. The molecule has 0 aliphatic carbocycles. The van der Waals surface area contributed by atoms with E-state index in [-0.39, 0.29) is 11.3 Å². The lowest BCUT2D eigenvalue weighted by molar-refractivity contribution is 0.0698. The van der Waals surface area contributed by atoms with Gasteiger partial charge in [-0.3, -0.25) is 4.57 Å². The Morgan fingerprint density at radius 1 is 1.29 bits per heavy atom. The number of hydrogen-bond acceptors (Lipinski definition) is 2. The van der Waals surface area contributed by atoms with Crippen molar-refractivity contribution in [2.75, 3.05) is 0 Å². The van der Waals surface area contributed by atoms with Crippen molar-refractivity contribution in [1.82, 2.24) is 9.55 Å². The van der Waals surface area contributed by atoms with Crippen LogP contribution in [0.5, 0.6) is 0 Å². The topological polar surface area (TPSA) is 75.1 Å².